The van der Waals surface area contributed by atoms with Crippen molar-refractivity contribution in [2.75, 3.05) is 20.2 Å². The van der Waals surface area contributed by atoms with Gasteiger partial charge in [-0.25, -0.2) is 8.42 Å². The fraction of sp³-hybridized carbons (Fsp3) is 0.469. The fourth-order valence-corrected chi connectivity index (χ4v) is 6.73. The van der Waals surface area contributed by atoms with Crippen molar-refractivity contribution in [1.29, 1.82) is 0 Å². The molecule has 41 heavy (non-hydrogen) atoms. The molecule has 2 rings (SSSR count). The first kappa shape index (κ1) is 34.6. The summed E-state index contributed by atoms with van der Waals surface area (Å²) in [7, 11) is -6.37. The molecule has 0 heterocycles. The molecule has 2 aromatic rings. The van der Waals surface area contributed by atoms with E-state index in [0.717, 1.165) is 16.9 Å². The Kier molecular flexibility index (Phi) is 11.9. The van der Waals surface area contributed by atoms with E-state index in [2.05, 4.69) is 77.3 Å². The Balaban J connectivity index is 2.52. The number of rotatable bonds is 12. The highest BCUT2D eigenvalue weighted by Gasteiger charge is 2.41. The predicted molar refractivity (Wildman–Crippen MR) is 174 cm³/mol. The van der Waals surface area contributed by atoms with E-state index >= 15 is 0 Å². The van der Waals surface area contributed by atoms with Crippen LogP contribution in [0.5, 0.6) is 5.75 Å². The van der Waals surface area contributed by atoms with Crippen LogP contribution < -0.4 is 4.74 Å². The van der Waals surface area contributed by atoms with Crippen molar-refractivity contribution in [3.63, 3.8) is 0 Å². The molecule has 9 heteroatoms. The number of methoxy groups -OCH3 is 1. The number of hydrogen-bond acceptors (Lipinski definition) is 5. The van der Waals surface area contributed by atoms with Gasteiger partial charge in [0.1, 0.15) is 26.5 Å². The standard InChI is InChI=1S/C32H47NO5SSi2/c1-12-30(37-25-27-16-18-28(36-6)19-17-27)31(38-41(10,11)32(3,4)5)24-33(22-13-23-40(7,8)9)39(34,35)29-20-14-26(2)15-21-29/h14-21,31H,1,22,24-25H2,2-11H3. The highest BCUT2D eigenvalue weighted by Crippen LogP contribution is 2.38. The zero-order chi connectivity index (χ0) is 31.1. The third-order valence-electron chi connectivity index (χ3n) is 7.01. The summed E-state index contributed by atoms with van der Waals surface area (Å²) in [6.07, 6.45) is -0.722. The Morgan fingerprint density at radius 2 is 1.59 bits per heavy atom. The lowest BCUT2D eigenvalue weighted by molar-refractivity contribution is 0.0899. The molecule has 0 amide bonds. The molecule has 0 bridgehead atoms. The van der Waals surface area contributed by atoms with Crippen LogP contribution in [0.3, 0.4) is 0 Å². The second kappa shape index (κ2) is 14.1. The van der Waals surface area contributed by atoms with Crippen molar-refractivity contribution in [2.45, 2.75) is 83.1 Å². The molecule has 0 saturated carbocycles. The molecule has 1 unspecified atom stereocenters. The van der Waals surface area contributed by atoms with E-state index in [1.54, 1.807) is 31.4 Å². The van der Waals surface area contributed by atoms with Crippen LogP contribution in [-0.2, 0) is 25.8 Å². The van der Waals surface area contributed by atoms with Crippen LogP contribution in [0.15, 0.2) is 71.5 Å². The maximum Gasteiger partial charge on any atom is 0.244 e. The summed E-state index contributed by atoms with van der Waals surface area (Å²) in [6, 6.07) is 14.5. The van der Waals surface area contributed by atoms with Gasteiger partial charge in [-0.3, -0.25) is 0 Å². The first-order valence-electron chi connectivity index (χ1n) is 13.8. The molecule has 0 saturated heterocycles. The van der Waals surface area contributed by atoms with E-state index in [0.29, 0.717) is 5.76 Å². The molecular formula is C32H47NO5SSi2. The smallest absolute Gasteiger partial charge is 0.244 e. The van der Waals surface area contributed by atoms with Crippen LogP contribution in [-0.4, -0.2) is 55.4 Å². The van der Waals surface area contributed by atoms with E-state index in [-0.39, 0.29) is 29.6 Å². The molecule has 0 aliphatic rings. The van der Waals surface area contributed by atoms with Gasteiger partial charge in [0.2, 0.25) is 10.0 Å². The molecule has 224 valence electrons. The summed E-state index contributed by atoms with van der Waals surface area (Å²) in [5, 5.41) is -0.119. The third kappa shape index (κ3) is 10.3. The summed E-state index contributed by atoms with van der Waals surface area (Å²) in [5.74, 6) is 4.27. The lowest BCUT2D eigenvalue weighted by atomic mass is 10.2. The van der Waals surface area contributed by atoms with Gasteiger partial charge >= 0.3 is 0 Å². The van der Waals surface area contributed by atoms with Gasteiger partial charge in [0.05, 0.1) is 18.6 Å². The van der Waals surface area contributed by atoms with Gasteiger partial charge in [-0.1, -0.05) is 88.5 Å². The van der Waals surface area contributed by atoms with Gasteiger partial charge in [-0.15, -0.1) is 5.54 Å². The van der Waals surface area contributed by atoms with Crippen LogP contribution in [0, 0.1) is 18.4 Å². The van der Waals surface area contributed by atoms with E-state index in [1.807, 2.05) is 31.2 Å². The van der Waals surface area contributed by atoms with E-state index in [9.17, 15) is 8.42 Å². The Morgan fingerprint density at radius 1 is 1.00 bits per heavy atom. The highest BCUT2D eigenvalue weighted by molar-refractivity contribution is 7.89. The molecule has 1 atom stereocenters. The van der Waals surface area contributed by atoms with E-state index in [1.165, 1.54) is 4.31 Å². The van der Waals surface area contributed by atoms with Crippen LogP contribution in [0.25, 0.3) is 0 Å². The van der Waals surface area contributed by atoms with Crippen molar-refractivity contribution in [1.82, 2.24) is 4.31 Å². The summed E-state index contributed by atoms with van der Waals surface area (Å²) in [5.41, 5.74) is 8.13. The van der Waals surface area contributed by atoms with E-state index < -0.39 is 32.5 Å². The molecule has 0 aliphatic heterocycles. The summed E-state index contributed by atoms with van der Waals surface area (Å²) in [4.78, 5) is 0.215. The van der Waals surface area contributed by atoms with Crippen molar-refractivity contribution in [2.24, 2.45) is 0 Å². The summed E-state index contributed by atoms with van der Waals surface area (Å²) >= 11 is 0. The minimum absolute atomic E-state index is 0.0174. The molecule has 0 aliphatic carbocycles. The van der Waals surface area contributed by atoms with Crippen molar-refractivity contribution in [3.05, 3.63) is 77.7 Å². The lowest BCUT2D eigenvalue weighted by Gasteiger charge is -2.40. The fourth-order valence-electron chi connectivity index (χ4n) is 3.53. The second-order valence-corrected chi connectivity index (χ2v) is 24.2. The zero-order valence-corrected chi connectivity index (χ0v) is 29.2. The monoisotopic (exact) mass is 613 g/mol. The first-order chi connectivity index (χ1) is 18.9. The molecule has 0 N–H and O–H groups in total. The first-order valence-corrected chi connectivity index (χ1v) is 21.6. The normalized spacial score (nSPS) is 13.1. The van der Waals surface area contributed by atoms with Crippen LogP contribution in [0.4, 0.5) is 0 Å². The van der Waals surface area contributed by atoms with Gasteiger partial charge in [-0.2, -0.15) is 4.31 Å². The Hall–Kier alpha value is -2.58. The predicted octanol–water partition coefficient (Wildman–Crippen LogP) is 7.15. The van der Waals surface area contributed by atoms with E-state index in [4.69, 9.17) is 13.9 Å². The van der Waals surface area contributed by atoms with Gasteiger partial charge in [0.25, 0.3) is 0 Å². The summed E-state index contributed by atoms with van der Waals surface area (Å²) in [6.45, 7) is 23.2. The van der Waals surface area contributed by atoms with Crippen LogP contribution in [0.2, 0.25) is 37.8 Å². The van der Waals surface area contributed by atoms with Crippen LogP contribution >= 0.6 is 0 Å². The maximum absolute atomic E-state index is 14.0. The van der Waals surface area contributed by atoms with Crippen molar-refractivity contribution < 1.29 is 22.3 Å². The van der Waals surface area contributed by atoms with Gasteiger partial charge in [0, 0.05) is 6.54 Å². The topological polar surface area (TPSA) is 65.1 Å². The number of benzene rings is 2. The van der Waals surface area contributed by atoms with Crippen LogP contribution in [0.1, 0.15) is 31.9 Å². The molecule has 0 spiro atoms. The number of hydrogen-bond donors (Lipinski definition) is 0. The second-order valence-electron chi connectivity index (χ2n) is 12.7. The average molecular weight is 614 g/mol. The maximum atomic E-state index is 14.0. The van der Waals surface area contributed by atoms with Gasteiger partial charge < -0.3 is 13.9 Å². The number of nitrogens with zero attached hydrogens (tertiary/aromatic N) is 1. The lowest BCUT2D eigenvalue weighted by Crippen LogP contribution is -2.48. The molecule has 0 radical (unpaired) electrons. The highest BCUT2D eigenvalue weighted by atomic mass is 32.2. The molecular weight excluding hydrogens is 567 g/mol. The molecule has 0 fully saturated rings. The number of sulfonamides is 1. The van der Waals surface area contributed by atoms with Crippen molar-refractivity contribution >= 4 is 26.4 Å². The molecule has 2 aromatic carbocycles. The molecule has 0 aromatic heterocycles. The Morgan fingerprint density at radius 3 is 2.07 bits per heavy atom. The number of aryl methyl sites for hydroxylation is 1. The quantitative estimate of drug-likeness (QED) is 0.110. The SMILES string of the molecule is C=C=C(OCc1ccc(OC)cc1)C(CN(CC#C[Si](C)(C)C)S(=O)(=O)c1ccc(C)cc1)O[Si](C)(C)C(C)(C)C. The van der Waals surface area contributed by atoms with Gasteiger partial charge in [-0.05, 0) is 54.9 Å². The Labute approximate surface area is 250 Å². The minimum Gasteiger partial charge on any atom is -0.497 e. The van der Waals surface area contributed by atoms with Gasteiger partial charge in [0.15, 0.2) is 14.1 Å². The summed E-state index contributed by atoms with van der Waals surface area (Å²) < 4.78 is 47.6. The largest absolute Gasteiger partial charge is 0.497 e. The zero-order valence-electron chi connectivity index (χ0n) is 26.4. The average Bonchev–Trinajstić information content (AvgIpc) is 2.87. The minimum atomic E-state index is -3.89. The molecule has 6 nitrogen and oxygen atoms in total. The number of ether oxygens (including phenoxy) is 2. The third-order valence-corrected chi connectivity index (χ3v) is 14.2. The van der Waals surface area contributed by atoms with Crippen molar-refractivity contribution in [3.8, 4) is 17.2 Å². The Bertz CT molecular complexity index is 1370.